The third kappa shape index (κ3) is 5.21. The van der Waals surface area contributed by atoms with Crippen molar-refractivity contribution in [2.45, 2.75) is 13.8 Å². The second-order valence-electron chi connectivity index (χ2n) is 6.09. The lowest BCUT2D eigenvalue weighted by Crippen LogP contribution is -1.96. The molecule has 2 aromatic carbocycles. The number of nitrogens with zero attached hydrogens (tertiary/aromatic N) is 2. The summed E-state index contributed by atoms with van der Waals surface area (Å²) in [5, 5.41) is 4.35. The predicted octanol–water partition coefficient (Wildman–Crippen LogP) is 6.32. The summed E-state index contributed by atoms with van der Waals surface area (Å²) < 4.78 is 19.2. The molecule has 0 aliphatic heterocycles. The van der Waals surface area contributed by atoms with Crippen molar-refractivity contribution in [3.05, 3.63) is 70.4 Å². The van der Waals surface area contributed by atoms with Crippen LogP contribution in [0.1, 0.15) is 11.3 Å². The average Bonchev–Trinajstić information content (AvgIpc) is 2.90. The van der Waals surface area contributed by atoms with E-state index in [1.807, 2.05) is 69.4 Å². The van der Waals surface area contributed by atoms with Crippen molar-refractivity contribution in [1.29, 1.82) is 0 Å². The first-order valence-corrected chi connectivity index (χ1v) is 9.38. The van der Waals surface area contributed by atoms with Gasteiger partial charge in [-0.15, -0.1) is 0 Å². The van der Waals surface area contributed by atoms with Gasteiger partial charge in [0.1, 0.15) is 34.1 Å². The molecule has 0 atom stereocenters. The highest BCUT2D eigenvalue weighted by Crippen LogP contribution is 2.29. The Kier molecular flexibility index (Phi) is 6.49. The Balaban J connectivity index is 1.60. The van der Waals surface area contributed by atoms with Gasteiger partial charge in [0.05, 0.1) is 5.69 Å². The van der Waals surface area contributed by atoms with E-state index >= 15 is 0 Å². The van der Waals surface area contributed by atoms with Gasteiger partial charge in [-0.05, 0) is 68.5 Å². The van der Waals surface area contributed by atoms with Gasteiger partial charge in [0.2, 0.25) is 5.88 Å². The topological polar surface area (TPSA) is 45.5 Å². The van der Waals surface area contributed by atoms with E-state index in [1.54, 1.807) is 10.8 Å². The molecule has 28 heavy (non-hydrogen) atoms. The van der Waals surface area contributed by atoms with Crippen molar-refractivity contribution < 1.29 is 14.2 Å². The summed E-state index contributed by atoms with van der Waals surface area (Å²) in [6.45, 7) is 4.25. The van der Waals surface area contributed by atoms with Gasteiger partial charge in [0.15, 0.2) is 0 Å². The summed E-state index contributed by atoms with van der Waals surface area (Å²) in [5.41, 5.74) is 1.97. The van der Waals surface area contributed by atoms with Crippen LogP contribution in [0.2, 0.25) is 0 Å². The Labute approximate surface area is 174 Å². The summed E-state index contributed by atoms with van der Waals surface area (Å²) in [6.07, 6.45) is 1.57. The van der Waals surface area contributed by atoms with E-state index in [0.717, 1.165) is 17.1 Å². The molecule has 5 nitrogen and oxygen atoms in total. The highest BCUT2D eigenvalue weighted by atomic mass is 35.5. The molecule has 3 aromatic rings. The second-order valence-corrected chi connectivity index (χ2v) is 7.10. The summed E-state index contributed by atoms with van der Waals surface area (Å²) >= 11 is 11.1. The number of aromatic nitrogens is 2. The smallest absolute Gasteiger partial charge is 0.220 e. The molecule has 0 saturated heterocycles. The molecule has 0 radical (unpaired) electrons. The van der Waals surface area contributed by atoms with Crippen molar-refractivity contribution in [1.82, 2.24) is 9.78 Å². The molecule has 0 amide bonds. The van der Waals surface area contributed by atoms with Crippen LogP contribution in [-0.2, 0) is 7.05 Å². The fourth-order valence-electron chi connectivity index (χ4n) is 2.51. The third-order valence-electron chi connectivity index (χ3n) is 4.04. The van der Waals surface area contributed by atoms with E-state index in [0.29, 0.717) is 29.6 Å². The summed E-state index contributed by atoms with van der Waals surface area (Å²) in [4.78, 5) is 0. The van der Waals surface area contributed by atoms with Crippen LogP contribution in [-0.4, -0.2) is 16.4 Å². The minimum Gasteiger partial charge on any atom is -0.489 e. The maximum atomic E-state index is 5.94. The number of ether oxygens (including phenoxy) is 3. The number of hydrogen-bond donors (Lipinski definition) is 0. The van der Waals surface area contributed by atoms with Gasteiger partial charge in [-0.1, -0.05) is 23.2 Å². The fourth-order valence-corrected chi connectivity index (χ4v) is 2.64. The first-order valence-electron chi connectivity index (χ1n) is 8.62. The Hall–Kier alpha value is -2.63. The van der Waals surface area contributed by atoms with Crippen molar-refractivity contribution in [3.63, 3.8) is 0 Å². The zero-order valence-electron chi connectivity index (χ0n) is 15.8. The van der Waals surface area contributed by atoms with E-state index < -0.39 is 0 Å². The van der Waals surface area contributed by atoms with Crippen LogP contribution in [0.5, 0.6) is 28.9 Å². The van der Waals surface area contributed by atoms with Crippen LogP contribution < -0.4 is 14.2 Å². The van der Waals surface area contributed by atoms with Gasteiger partial charge >= 0.3 is 0 Å². The first kappa shape index (κ1) is 20.1. The monoisotopic (exact) mass is 418 g/mol. The van der Waals surface area contributed by atoms with Gasteiger partial charge in [0, 0.05) is 12.6 Å². The molecule has 7 heteroatoms. The number of halogens is 2. The molecule has 0 unspecified atom stereocenters. The highest BCUT2D eigenvalue weighted by molar-refractivity contribution is 6.55. The quantitative estimate of drug-likeness (QED) is 0.450. The SMILES string of the molecule is Cc1nn(C)c(Oc2ccc(Oc3ccc(OCC=C(Cl)Cl)cc3)cc2)c1C. The molecule has 0 N–H and O–H groups in total. The molecule has 0 saturated carbocycles. The minimum absolute atomic E-state index is 0.182. The molecule has 0 bridgehead atoms. The van der Waals surface area contributed by atoms with Gasteiger partial charge in [-0.25, -0.2) is 4.68 Å². The standard InChI is InChI=1S/C21H20Cl2N2O3/c1-14-15(2)24-25(3)21(14)28-19-10-8-18(9-11-19)27-17-6-4-16(5-7-17)26-13-12-20(22)23/h4-12H,13H2,1-3H3. The normalized spacial score (nSPS) is 10.5. The maximum Gasteiger partial charge on any atom is 0.220 e. The Morgan fingerprint density at radius 1 is 0.893 bits per heavy atom. The van der Waals surface area contributed by atoms with Crippen LogP contribution >= 0.6 is 23.2 Å². The molecular formula is C21H20Cl2N2O3. The summed E-state index contributed by atoms with van der Waals surface area (Å²) in [5.74, 6) is 3.55. The maximum absolute atomic E-state index is 5.94. The lowest BCUT2D eigenvalue weighted by Gasteiger charge is -2.10. The summed E-state index contributed by atoms with van der Waals surface area (Å²) in [6, 6.07) is 14.7. The number of benzene rings is 2. The molecule has 1 heterocycles. The van der Waals surface area contributed by atoms with Gasteiger partial charge in [-0.3, -0.25) is 0 Å². The van der Waals surface area contributed by atoms with Crippen molar-refractivity contribution in [3.8, 4) is 28.9 Å². The van der Waals surface area contributed by atoms with Crippen LogP contribution in [0.25, 0.3) is 0 Å². The second kappa shape index (κ2) is 9.04. The van der Waals surface area contributed by atoms with Crippen molar-refractivity contribution in [2.75, 3.05) is 6.61 Å². The van der Waals surface area contributed by atoms with Crippen LogP contribution in [0.15, 0.2) is 59.1 Å². The molecule has 0 aliphatic carbocycles. The van der Waals surface area contributed by atoms with Gasteiger partial charge in [-0.2, -0.15) is 5.10 Å². The third-order valence-corrected chi connectivity index (χ3v) is 4.35. The highest BCUT2D eigenvalue weighted by Gasteiger charge is 2.11. The molecule has 146 valence electrons. The van der Waals surface area contributed by atoms with Crippen molar-refractivity contribution >= 4 is 23.2 Å². The van der Waals surface area contributed by atoms with Crippen LogP contribution in [0.3, 0.4) is 0 Å². The van der Waals surface area contributed by atoms with Gasteiger partial charge < -0.3 is 14.2 Å². The van der Waals surface area contributed by atoms with E-state index in [9.17, 15) is 0 Å². The van der Waals surface area contributed by atoms with E-state index in [4.69, 9.17) is 37.4 Å². The van der Waals surface area contributed by atoms with Gasteiger partial charge in [0.25, 0.3) is 0 Å². The van der Waals surface area contributed by atoms with Crippen molar-refractivity contribution in [2.24, 2.45) is 7.05 Å². The number of aryl methyl sites for hydroxylation is 2. The van der Waals surface area contributed by atoms with Crippen LogP contribution in [0.4, 0.5) is 0 Å². The Morgan fingerprint density at radius 3 is 1.86 bits per heavy atom. The number of hydrogen-bond acceptors (Lipinski definition) is 4. The van der Waals surface area contributed by atoms with E-state index in [1.165, 1.54) is 0 Å². The van der Waals surface area contributed by atoms with Crippen LogP contribution in [0, 0.1) is 13.8 Å². The number of rotatable bonds is 7. The zero-order valence-corrected chi connectivity index (χ0v) is 17.3. The fraction of sp³-hybridized carbons (Fsp3) is 0.190. The largest absolute Gasteiger partial charge is 0.489 e. The molecule has 0 spiro atoms. The Bertz CT molecular complexity index is 961. The molecule has 0 fully saturated rings. The molecule has 1 aromatic heterocycles. The lowest BCUT2D eigenvalue weighted by molar-refractivity contribution is 0.362. The van der Waals surface area contributed by atoms with E-state index in [-0.39, 0.29) is 4.49 Å². The average molecular weight is 419 g/mol. The van der Waals surface area contributed by atoms with E-state index in [2.05, 4.69) is 5.10 Å². The minimum atomic E-state index is 0.182. The zero-order chi connectivity index (χ0) is 20.1. The summed E-state index contributed by atoms with van der Waals surface area (Å²) in [7, 11) is 1.86. The molecular weight excluding hydrogens is 399 g/mol. The first-order chi connectivity index (χ1) is 13.4. The molecule has 3 rings (SSSR count). The Morgan fingerprint density at radius 2 is 1.39 bits per heavy atom. The lowest BCUT2D eigenvalue weighted by atomic mass is 10.3. The predicted molar refractivity (Wildman–Crippen MR) is 111 cm³/mol. The molecule has 0 aliphatic rings.